The average Bonchev–Trinajstić information content (AvgIpc) is 2.79. The first-order chi connectivity index (χ1) is 9.41. The van der Waals surface area contributed by atoms with Gasteiger partial charge in [0.2, 0.25) is 0 Å². The molecule has 1 unspecified atom stereocenters. The number of nitrogens with one attached hydrogen (secondary N) is 1. The minimum absolute atomic E-state index is 0.00896. The number of nitrogens with zero attached hydrogens (tertiary/aromatic N) is 1. The van der Waals surface area contributed by atoms with Crippen molar-refractivity contribution in [2.24, 2.45) is 5.41 Å². The predicted octanol–water partition coefficient (Wildman–Crippen LogP) is 0.0325. The fraction of sp³-hybridized carbons (Fsp3) is 0.846. The zero-order valence-corrected chi connectivity index (χ0v) is 11.7. The van der Waals surface area contributed by atoms with Crippen molar-refractivity contribution < 1.29 is 24.5 Å². The molecule has 20 heavy (non-hydrogen) atoms. The number of β-amino-alcohol motifs (C(OH)–C–C–N with tert-alkyl or cyclic N) is 1. The topological polar surface area (TPSA) is 99.1 Å². The van der Waals surface area contributed by atoms with Crippen molar-refractivity contribution in [2.75, 3.05) is 26.3 Å². The van der Waals surface area contributed by atoms with E-state index >= 15 is 0 Å². The maximum atomic E-state index is 12.1. The molecule has 7 nitrogen and oxygen atoms in total. The van der Waals surface area contributed by atoms with Gasteiger partial charge in [-0.15, -0.1) is 0 Å². The quantitative estimate of drug-likeness (QED) is 0.680. The highest BCUT2D eigenvalue weighted by Crippen LogP contribution is 2.29. The number of rotatable bonds is 3. The van der Waals surface area contributed by atoms with Crippen molar-refractivity contribution in [2.45, 2.75) is 38.3 Å². The molecule has 2 aliphatic rings. The van der Waals surface area contributed by atoms with E-state index in [2.05, 4.69) is 12.2 Å². The van der Waals surface area contributed by atoms with Crippen molar-refractivity contribution in [1.29, 1.82) is 0 Å². The van der Waals surface area contributed by atoms with Crippen LogP contribution in [0.25, 0.3) is 0 Å². The molecule has 2 atom stereocenters. The second-order valence-corrected chi connectivity index (χ2v) is 5.98. The van der Waals surface area contributed by atoms with Crippen LogP contribution in [-0.4, -0.2) is 65.6 Å². The molecular weight excluding hydrogens is 264 g/mol. The number of carbonyl (C=O) groups is 2. The molecule has 0 aromatic heterocycles. The Morgan fingerprint density at radius 3 is 2.65 bits per heavy atom. The van der Waals surface area contributed by atoms with E-state index in [1.54, 1.807) is 0 Å². The largest absolute Gasteiger partial charge is 0.480 e. The summed E-state index contributed by atoms with van der Waals surface area (Å²) in [7, 11) is 0. The lowest BCUT2D eigenvalue weighted by molar-refractivity contribution is -0.141. The van der Waals surface area contributed by atoms with Crippen LogP contribution >= 0.6 is 0 Å². The van der Waals surface area contributed by atoms with Crippen LogP contribution in [-0.2, 0) is 9.53 Å². The Balaban J connectivity index is 1.89. The normalized spacial score (nSPS) is 29.2. The number of urea groups is 1. The van der Waals surface area contributed by atoms with Crippen molar-refractivity contribution in [3.05, 3.63) is 0 Å². The van der Waals surface area contributed by atoms with E-state index < -0.39 is 24.1 Å². The molecular formula is C13H22N2O5. The molecule has 0 saturated carbocycles. The van der Waals surface area contributed by atoms with Crippen LogP contribution in [0, 0.1) is 5.41 Å². The summed E-state index contributed by atoms with van der Waals surface area (Å²) in [6, 6.07) is -1.35. The molecule has 0 aromatic rings. The third-order valence-electron chi connectivity index (χ3n) is 4.19. The van der Waals surface area contributed by atoms with Crippen LogP contribution < -0.4 is 5.32 Å². The molecule has 0 bridgehead atoms. The number of hydrogen-bond acceptors (Lipinski definition) is 4. The van der Waals surface area contributed by atoms with Gasteiger partial charge in [-0.25, -0.2) is 9.59 Å². The number of aliphatic hydroxyl groups excluding tert-OH is 1. The number of carboxylic acid groups (broad SMARTS) is 1. The number of hydrogen-bond donors (Lipinski definition) is 3. The number of carboxylic acids is 1. The summed E-state index contributed by atoms with van der Waals surface area (Å²) in [6.45, 7) is 4.03. The third kappa shape index (κ3) is 3.40. The molecule has 0 aromatic carbocycles. The Labute approximate surface area is 117 Å². The van der Waals surface area contributed by atoms with Crippen molar-refractivity contribution in [3.8, 4) is 0 Å². The molecule has 2 aliphatic heterocycles. The fourth-order valence-electron chi connectivity index (χ4n) is 2.70. The van der Waals surface area contributed by atoms with Gasteiger partial charge in [0.15, 0.2) is 0 Å². The van der Waals surface area contributed by atoms with Crippen LogP contribution in [0.2, 0.25) is 0 Å². The first-order valence-electron chi connectivity index (χ1n) is 6.94. The van der Waals surface area contributed by atoms with E-state index in [-0.39, 0.29) is 18.4 Å². The Morgan fingerprint density at radius 2 is 2.05 bits per heavy atom. The Morgan fingerprint density at radius 1 is 1.40 bits per heavy atom. The summed E-state index contributed by atoms with van der Waals surface area (Å²) in [6.07, 6.45) is 1.07. The lowest BCUT2D eigenvalue weighted by atomic mass is 9.82. The Hall–Kier alpha value is -1.34. The van der Waals surface area contributed by atoms with E-state index in [9.17, 15) is 14.7 Å². The van der Waals surface area contributed by atoms with E-state index in [0.29, 0.717) is 19.8 Å². The number of likely N-dealkylation sites (tertiary alicyclic amines) is 1. The first kappa shape index (κ1) is 15.1. The standard InChI is InChI=1S/C13H22N2O5/c1-13(2-4-20-5-3-13)8-14-12(19)15-7-9(16)6-10(15)11(17)18/h9-10,16H,2-8H2,1H3,(H,14,19)(H,17,18)/t9?,10-/m0/s1. The molecule has 3 N–H and O–H groups in total. The summed E-state index contributed by atoms with van der Waals surface area (Å²) in [5, 5.41) is 21.4. The van der Waals surface area contributed by atoms with Gasteiger partial charge < -0.3 is 25.2 Å². The monoisotopic (exact) mass is 286 g/mol. The van der Waals surface area contributed by atoms with E-state index in [4.69, 9.17) is 9.84 Å². The minimum Gasteiger partial charge on any atom is -0.480 e. The Bertz CT molecular complexity index is 381. The first-order valence-corrected chi connectivity index (χ1v) is 6.94. The van der Waals surface area contributed by atoms with E-state index in [0.717, 1.165) is 12.8 Å². The molecule has 2 rings (SSSR count). The smallest absolute Gasteiger partial charge is 0.326 e. The van der Waals surface area contributed by atoms with Gasteiger partial charge in [0.25, 0.3) is 0 Å². The van der Waals surface area contributed by atoms with Crippen molar-refractivity contribution in [3.63, 3.8) is 0 Å². The lowest BCUT2D eigenvalue weighted by Gasteiger charge is -2.34. The number of aliphatic carboxylic acids is 1. The molecule has 0 aliphatic carbocycles. The van der Waals surface area contributed by atoms with Gasteiger partial charge >= 0.3 is 12.0 Å². The maximum absolute atomic E-state index is 12.1. The van der Waals surface area contributed by atoms with Gasteiger partial charge in [0.1, 0.15) is 6.04 Å². The van der Waals surface area contributed by atoms with Crippen molar-refractivity contribution >= 4 is 12.0 Å². The molecule has 2 amide bonds. The second kappa shape index (κ2) is 5.97. The van der Waals surface area contributed by atoms with Crippen LogP contribution in [0.4, 0.5) is 4.79 Å². The molecule has 2 fully saturated rings. The summed E-state index contributed by atoms with van der Waals surface area (Å²) < 4.78 is 5.30. The summed E-state index contributed by atoms with van der Waals surface area (Å²) in [5.74, 6) is -1.08. The van der Waals surface area contributed by atoms with Gasteiger partial charge in [-0.1, -0.05) is 6.92 Å². The highest BCUT2D eigenvalue weighted by Gasteiger charge is 2.39. The van der Waals surface area contributed by atoms with Gasteiger partial charge in [0, 0.05) is 32.7 Å². The predicted molar refractivity (Wildman–Crippen MR) is 70.3 cm³/mol. The van der Waals surface area contributed by atoms with Gasteiger partial charge in [-0.05, 0) is 18.3 Å². The minimum atomic E-state index is -1.08. The van der Waals surface area contributed by atoms with Gasteiger partial charge in [0.05, 0.1) is 6.10 Å². The summed E-state index contributed by atoms with van der Waals surface area (Å²) in [4.78, 5) is 24.4. The number of aliphatic hydroxyl groups is 1. The average molecular weight is 286 g/mol. The summed E-state index contributed by atoms with van der Waals surface area (Å²) in [5.41, 5.74) is -0.00896. The fourth-order valence-corrected chi connectivity index (χ4v) is 2.70. The van der Waals surface area contributed by atoms with E-state index in [1.807, 2.05) is 0 Å². The SMILES string of the molecule is CC1(CNC(=O)N2CC(O)C[C@H]2C(=O)O)CCOCC1. The van der Waals surface area contributed by atoms with Gasteiger partial charge in [-0.2, -0.15) is 0 Å². The van der Waals surface area contributed by atoms with Gasteiger partial charge in [-0.3, -0.25) is 0 Å². The lowest BCUT2D eigenvalue weighted by Crippen LogP contribution is -2.49. The van der Waals surface area contributed by atoms with Crippen LogP contribution in [0.1, 0.15) is 26.2 Å². The molecule has 2 saturated heterocycles. The molecule has 0 radical (unpaired) electrons. The number of amides is 2. The molecule has 114 valence electrons. The number of carbonyl (C=O) groups excluding carboxylic acids is 1. The second-order valence-electron chi connectivity index (χ2n) is 5.98. The summed E-state index contributed by atoms with van der Waals surface area (Å²) >= 11 is 0. The van der Waals surface area contributed by atoms with E-state index in [1.165, 1.54) is 4.90 Å². The molecule has 2 heterocycles. The number of ether oxygens (including phenoxy) is 1. The Kier molecular flexibility index (Phi) is 4.49. The van der Waals surface area contributed by atoms with Crippen LogP contribution in [0.3, 0.4) is 0 Å². The molecule has 0 spiro atoms. The zero-order chi connectivity index (χ0) is 14.8. The highest BCUT2D eigenvalue weighted by atomic mass is 16.5. The molecule has 7 heteroatoms. The van der Waals surface area contributed by atoms with Crippen molar-refractivity contribution in [1.82, 2.24) is 10.2 Å². The van der Waals surface area contributed by atoms with Crippen LogP contribution in [0.15, 0.2) is 0 Å². The maximum Gasteiger partial charge on any atom is 0.326 e. The zero-order valence-electron chi connectivity index (χ0n) is 11.7. The highest BCUT2D eigenvalue weighted by molar-refractivity contribution is 5.83. The third-order valence-corrected chi connectivity index (χ3v) is 4.19. The van der Waals surface area contributed by atoms with Crippen LogP contribution in [0.5, 0.6) is 0 Å².